The number of hydrogen-bond acceptors (Lipinski definition) is 5. The molecule has 11 heteroatoms. The summed E-state index contributed by atoms with van der Waals surface area (Å²) in [6.45, 7) is 0. The molecule has 0 bridgehead atoms. The van der Waals surface area contributed by atoms with Crippen molar-refractivity contribution in [1.29, 1.82) is 0 Å². The third-order valence-corrected chi connectivity index (χ3v) is 2.70. The average Bonchev–Trinajstić information content (AvgIpc) is 2.14. The first kappa shape index (κ1) is 13.2. The van der Waals surface area contributed by atoms with Gasteiger partial charge < -0.3 is 4.98 Å². The molecule has 0 saturated carbocycles. The Morgan fingerprint density at radius 2 is 2.00 bits per heavy atom. The number of sulfonamides is 1. The van der Waals surface area contributed by atoms with Gasteiger partial charge in [-0.05, 0) is 0 Å². The Kier molecular flexibility index (Phi) is 3.24. The summed E-state index contributed by atoms with van der Waals surface area (Å²) in [5.41, 5.74) is -3.90. The number of nitrogens with two attached hydrogens (primary N) is 1. The lowest BCUT2D eigenvalue weighted by molar-refractivity contribution is -0.388. The molecular weight excluding hydrogens is 264 g/mol. The first-order chi connectivity index (χ1) is 7.64. The Morgan fingerprint density at radius 1 is 1.47 bits per heavy atom. The molecular formula is C6H5F2N3O5S. The number of nitro groups is 1. The molecule has 0 fully saturated rings. The van der Waals surface area contributed by atoms with E-state index < -0.39 is 43.2 Å². The fraction of sp³-hybridized carbons (Fsp3) is 0.167. The van der Waals surface area contributed by atoms with E-state index >= 15 is 0 Å². The SMILES string of the molecule is NS(=O)(=O)c1c([N+](=O)[O-])cc(=O)[nH]c1C(F)F. The molecule has 1 aromatic rings. The predicted octanol–water partition coefficient (Wildman–Crippen LogP) is -0.132. The van der Waals surface area contributed by atoms with Crippen LogP contribution in [0.2, 0.25) is 0 Å². The van der Waals surface area contributed by atoms with Crippen molar-refractivity contribution in [3.63, 3.8) is 0 Å². The number of halogens is 2. The Morgan fingerprint density at radius 3 is 2.35 bits per heavy atom. The van der Waals surface area contributed by atoms with Crippen LogP contribution in [0.15, 0.2) is 15.8 Å². The van der Waals surface area contributed by atoms with Gasteiger partial charge in [-0.2, -0.15) is 0 Å². The lowest BCUT2D eigenvalue weighted by atomic mass is 10.3. The van der Waals surface area contributed by atoms with E-state index in [0.29, 0.717) is 0 Å². The number of nitrogens with one attached hydrogen (secondary N) is 1. The van der Waals surface area contributed by atoms with E-state index in [-0.39, 0.29) is 6.07 Å². The number of aromatic amines is 1. The van der Waals surface area contributed by atoms with Gasteiger partial charge in [-0.3, -0.25) is 14.9 Å². The molecule has 0 saturated heterocycles. The van der Waals surface area contributed by atoms with E-state index in [1.807, 2.05) is 0 Å². The number of primary sulfonamides is 1. The van der Waals surface area contributed by atoms with Crippen molar-refractivity contribution >= 4 is 15.7 Å². The van der Waals surface area contributed by atoms with Gasteiger partial charge in [-0.15, -0.1) is 0 Å². The van der Waals surface area contributed by atoms with Crippen LogP contribution in [0.4, 0.5) is 14.5 Å². The molecule has 1 rings (SSSR count). The predicted molar refractivity (Wildman–Crippen MR) is 50.0 cm³/mol. The molecule has 0 atom stereocenters. The average molecular weight is 269 g/mol. The topological polar surface area (TPSA) is 136 Å². The van der Waals surface area contributed by atoms with Crippen molar-refractivity contribution in [2.75, 3.05) is 0 Å². The van der Waals surface area contributed by atoms with Gasteiger partial charge >= 0.3 is 0 Å². The normalized spacial score (nSPS) is 11.8. The fourth-order valence-corrected chi connectivity index (χ4v) is 2.01. The Bertz CT molecular complexity index is 623. The standard InChI is InChI=1S/C6H5F2N3O5S/c7-6(8)4-5(17(9,15)16)2(11(13)14)1-3(12)10-4/h1,6H,(H,10,12)(H2,9,15,16). The Labute approximate surface area is 92.3 Å². The van der Waals surface area contributed by atoms with Crippen LogP contribution < -0.4 is 10.7 Å². The van der Waals surface area contributed by atoms with Crippen molar-refractivity contribution in [2.45, 2.75) is 11.3 Å². The zero-order valence-corrected chi connectivity index (χ0v) is 8.70. The molecule has 1 aromatic heterocycles. The first-order valence-electron chi connectivity index (χ1n) is 3.87. The second kappa shape index (κ2) is 4.18. The van der Waals surface area contributed by atoms with Gasteiger partial charge in [-0.25, -0.2) is 22.3 Å². The highest BCUT2D eigenvalue weighted by Crippen LogP contribution is 2.29. The van der Waals surface area contributed by atoms with Crippen molar-refractivity contribution in [3.8, 4) is 0 Å². The fourth-order valence-electron chi connectivity index (χ4n) is 1.14. The maximum atomic E-state index is 12.5. The summed E-state index contributed by atoms with van der Waals surface area (Å²) in [6.07, 6.45) is -3.42. The third-order valence-electron chi connectivity index (χ3n) is 1.70. The van der Waals surface area contributed by atoms with Crippen LogP contribution >= 0.6 is 0 Å². The van der Waals surface area contributed by atoms with Crippen LogP contribution in [0.25, 0.3) is 0 Å². The van der Waals surface area contributed by atoms with Gasteiger partial charge in [0.05, 0.1) is 11.0 Å². The summed E-state index contributed by atoms with van der Waals surface area (Å²) < 4.78 is 47.0. The minimum Gasteiger partial charge on any atom is -0.320 e. The second-order valence-corrected chi connectivity index (χ2v) is 4.36. The van der Waals surface area contributed by atoms with Crippen LogP contribution in [0, 0.1) is 10.1 Å². The first-order valence-corrected chi connectivity index (χ1v) is 5.41. The van der Waals surface area contributed by atoms with E-state index in [0.717, 1.165) is 0 Å². The van der Waals surface area contributed by atoms with E-state index in [4.69, 9.17) is 0 Å². The van der Waals surface area contributed by atoms with Crippen molar-refractivity contribution < 1.29 is 22.1 Å². The van der Waals surface area contributed by atoms with Gasteiger partial charge in [0, 0.05) is 0 Å². The van der Waals surface area contributed by atoms with E-state index in [1.54, 1.807) is 0 Å². The number of H-pyrrole nitrogens is 1. The van der Waals surface area contributed by atoms with Crippen molar-refractivity contribution in [2.24, 2.45) is 5.14 Å². The number of rotatable bonds is 3. The summed E-state index contributed by atoms with van der Waals surface area (Å²) in [4.78, 5) is 20.2. The highest BCUT2D eigenvalue weighted by atomic mass is 32.2. The van der Waals surface area contributed by atoms with E-state index in [9.17, 15) is 32.1 Å². The van der Waals surface area contributed by atoms with Crippen LogP contribution in [0.1, 0.15) is 12.1 Å². The molecule has 3 N–H and O–H groups in total. The molecule has 0 aliphatic carbocycles. The molecule has 94 valence electrons. The van der Waals surface area contributed by atoms with Gasteiger partial charge in [-0.1, -0.05) is 0 Å². The lowest BCUT2D eigenvalue weighted by Gasteiger charge is -2.06. The monoisotopic (exact) mass is 269 g/mol. The minimum atomic E-state index is -4.76. The summed E-state index contributed by atoms with van der Waals surface area (Å²) >= 11 is 0. The van der Waals surface area contributed by atoms with Crippen LogP contribution in [0.5, 0.6) is 0 Å². The number of pyridine rings is 1. The largest absolute Gasteiger partial charge is 0.320 e. The lowest BCUT2D eigenvalue weighted by Crippen LogP contribution is -2.21. The molecule has 8 nitrogen and oxygen atoms in total. The molecule has 0 spiro atoms. The summed E-state index contributed by atoms with van der Waals surface area (Å²) in [7, 11) is -4.76. The third kappa shape index (κ3) is 2.62. The van der Waals surface area contributed by atoms with Gasteiger partial charge in [0.2, 0.25) is 10.0 Å². The molecule has 0 amide bonds. The van der Waals surface area contributed by atoms with Gasteiger partial charge in [0.15, 0.2) is 4.90 Å². The van der Waals surface area contributed by atoms with E-state index in [2.05, 4.69) is 5.14 Å². The highest BCUT2D eigenvalue weighted by Gasteiger charge is 2.32. The maximum absolute atomic E-state index is 12.5. The van der Waals surface area contributed by atoms with Gasteiger partial charge in [0.25, 0.3) is 17.7 Å². The second-order valence-electron chi connectivity index (χ2n) is 2.86. The number of nitrogens with zero attached hydrogens (tertiary/aromatic N) is 1. The Hall–Kier alpha value is -1.88. The number of aromatic nitrogens is 1. The number of hydrogen-bond donors (Lipinski definition) is 2. The summed E-state index contributed by atoms with van der Waals surface area (Å²) in [6, 6.07) is 0.269. The molecule has 1 heterocycles. The van der Waals surface area contributed by atoms with Crippen LogP contribution in [-0.2, 0) is 10.0 Å². The maximum Gasteiger partial charge on any atom is 0.296 e. The molecule has 0 radical (unpaired) electrons. The quantitative estimate of drug-likeness (QED) is 0.581. The summed E-state index contributed by atoms with van der Waals surface area (Å²) in [5.74, 6) is 0. The zero-order chi connectivity index (χ0) is 13.4. The molecule has 0 aliphatic heterocycles. The number of alkyl halides is 2. The minimum absolute atomic E-state index is 0.269. The summed E-state index contributed by atoms with van der Waals surface area (Å²) in [5, 5.41) is 15.1. The molecule has 0 unspecified atom stereocenters. The highest BCUT2D eigenvalue weighted by molar-refractivity contribution is 7.89. The zero-order valence-electron chi connectivity index (χ0n) is 7.88. The smallest absolute Gasteiger partial charge is 0.296 e. The molecule has 0 aliphatic rings. The van der Waals surface area contributed by atoms with Crippen LogP contribution in [-0.4, -0.2) is 18.3 Å². The Balaban J connectivity index is 3.85. The van der Waals surface area contributed by atoms with Gasteiger partial charge in [0.1, 0.15) is 5.69 Å². The van der Waals surface area contributed by atoms with Crippen LogP contribution in [0.3, 0.4) is 0 Å². The van der Waals surface area contributed by atoms with E-state index in [1.165, 1.54) is 4.98 Å². The van der Waals surface area contributed by atoms with Crippen molar-refractivity contribution in [1.82, 2.24) is 4.98 Å². The van der Waals surface area contributed by atoms with Crippen molar-refractivity contribution in [3.05, 3.63) is 32.2 Å². The molecule has 17 heavy (non-hydrogen) atoms. The molecule has 0 aromatic carbocycles.